The molecule has 2 amide bonds. The molecule has 1 aliphatic carbocycles. The molecule has 46 heavy (non-hydrogen) atoms. The number of likely N-dealkylation sites (tertiary alicyclic amines) is 1. The first-order valence-electron chi connectivity index (χ1n) is 16.4. The third kappa shape index (κ3) is 8.44. The summed E-state index contributed by atoms with van der Waals surface area (Å²) in [6, 6.07) is 11.2. The Bertz CT molecular complexity index is 1350. The Hall–Kier alpha value is -3.51. The molecule has 250 valence electrons. The number of hydrogen-bond donors (Lipinski definition) is 2. The van der Waals surface area contributed by atoms with E-state index < -0.39 is 0 Å². The van der Waals surface area contributed by atoms with Gasteiger partial charge in [0.1, 0.15) is 5.75 Å². The summed E-state index contributed by atoms with van der Waals surface area (Å²) < 4.78 is 21.6. The lowest BCUT2D eigenvalue weighted by Crippen LogP contribution is -2.41. The molecule has 2 aromatic rings. The highest BCUT2D eigenvalue weighted by atomic mass is 16.5. The van der Waals surface area contributed by atoms with Gasteiger partial charge in [-0.25, -0.2) is 4.79 Å². The number of amides is 2. The van der Waals surface area contributed by atoms with Gasteiger partial charge in [0.2, 0.25) is 5.91 Å². The quantitative estimate of drug-likeness (QED) is 0.210. The predicted molar refractivity (Wildman–Crippen MR) is 172 cm³/mol. The van der Waals surface area contributed by atoms with Crippen LogP contribution in [-0.2, 0) is 25.5 Å². The molecule has 3 aliphatic rings. The standard InChI is InChI=1S/C35H47N3O8/c1-3-46-31-21-30(34(42)43-2)29(25-4-5-25)20-27(31)23-37-13-10-35(11-14-37)22-32(40)38(24-35)28-8-6-26(7-9-28)33(41)36-12-16-44-18-19-45-17-15-39/h6-9,20-21,25,39H,3-5,10-19,22-24H2,1-2H3,(H,36,41). The summed E-state index contributed by atoms with van der Waals surface area (Å²) in [5, 5.41) is 11.5. The zero-order valence-electron chi connectivity index (χ0n) is 27.1. The number of nitrogens with one attached hydrogen (secondary N) is 1. The van der Waals surface area contributed by atoms with Gasteiger partial charge in [-0.15, -0.1) is 0 Å². The van der Waals surface area contributed by atoms with Crippen LogP contribution < -0.4 is 15.0 Å². The average molecular weight is 638 g/mol. The van der Waals surface area contributed by atoms with E-state index in [1.54, 1.807) is 12.1 Å². The topological polar surface area (TPSA) is 127 Å². The van der Waals surface area contributed by atoms with E-state index in [0.29, 0.717) is 63.0 Å². The molecule has 2 saturated heterocycles. The molecule has 2 aromatic carbocycles. The molecule has 0 radical (unpaired) electrons. The number of piperidine rings is 1. The fourth-order valence-corrected chi connectivity index (χ4v) is 6.49. The zero-order chi connectivity index (χ0) is 32.5. The number of aliphatic hydroxyl groups excluding tert-OH is 1. The largest absolute Gasteiger partial charge is 0.494 e. The molecule has 2 N–H and O–H groups in total. The Morgan fingerprint density at radius 2 is 1.74 bits per heavy atom. The van der Waals surface area contributed by atoms with Crippen molar-refractivity contribution in [3.8, 4) is 5.75 Å². The van der Waals surface area contributed by atoms with Crippen molar-refractivity contribution in [2.45, 2.75) is 51.5 Å². The molecule has 11 nitrogen and oxygen atoms in total. The maximum Gasteiger partial charge on any atom is 0.338 e. The van der Waals surface area contributed by atoms with Crippen LogP contribution in [0, 0.1) is 5.41 Å². The van der Waals surface area contributed by atoms with Crippen LogP contribution in [0.5, 0.6) is 5.75 Å². The van der Waals surface area contributed by atoms with Gasteiger partial charge < -0.3 is 34.3 Å². The van der Waals surface area contributed by atoms with E-state index in [0.717, 1.165) is 67.9 Å². The predicted octanol–water partition coefficient (Wildman–Crippen LogP) is 3.52. The van der Waals surface area contributed by atoms with Crippen molar-refractivity contribution in [2.75, 3.05) is 77.8 Å². The van der Waals surface area contributed by atoms with E-state index >= 15 is 0 Å². The summed E-state index contributed by atoms with van der Waals surface area (Å²) >= 11 is 0. The molecule has 2 aliphatic heterocycles. The van der Waals surface area contributed by atoms with Gasteiger partial charge in [0, 0.05) is 42.9 Å². The van der Waals surface area contributed by atoms with Crippen LogP contribution in [0.25, 0.3) is 0 Å². The van der Waals surface area contributed by atoms with Crippen molar-refractivity contribution >= 4 is 23.5 Å². The van der Waals surface area contributed by atoms with Crippen molar-refractivity contribution in [1.82, 2.24) is 10.2 Å². The van der Waals surface area contributed by atoms with Crippen molar-refractivity contribution in [3.05, 3.63) is 58.7 Å². The van der Waals surface area contributed by atoms with Crippen LogP contribution in [0.2, 0.25) is 0 Å². The number of carbonyl (C=O) groups excluding carboxylic acids is 3. The first-order chi connectivity index (χ1) is 22.4. The van der Waals surface area contributed by atoms with Crippen molar-refractivity contribution < 1.29 is 38.4 Å². The van der Waals surface area contributed by atoms with Crippen molar-refractivity contribution in [2.24, 2.45) is 5.41 Å². The Labute approximate surface area is 271 Å². The highest BCUT2D eigenvalue weighted by Gasteiger charge is 2.45. The lowest BCUT2D eigenvalue weighted by atomic mass is 9.77. The van der Waals surface area contributed by atoms with E-state index in [4.69, 9.17) is 24.1 Å². The lowest BCUT2D eigenvalue weighted by molar-refractivity contribution is -0.118. The normalized spacial score (nSPS) is 17.8. The first-order valence-corrected chi connectivity index (χ1v) is 16.4. The van der Waals surface area contributed by atoms with Gasteiger partial charge in [0.05, 0.1) is 52.3 Å². The van der Waals surface area contributed by atoms with Crippen LogP contribution in [-0.4, -0.2) is 101 Å². The number of methoxy groups -OCH3 is 1. The number of anilines is 1. The highest BCUT2D eigenvalue weighted by Crippen LogP contribution is 2.45. The molecule has 0 atom stereocenters. The van der Waals surface area contributed by atoms with Gasteiger partial charge in [0.25, 0.3) is 5.91 Å². The molecule has 2 heterocycles. The van der Waals surface area contributed by atoms with Gasteiger partial charge in [-0.1, -0.05) is 0 Å². The van der Waals surface area contributed by atoms with E-state index in [2.05, 4.69) is 16.3 Å². The highest BCUT2D eigenvalue weighted by molar-refractivity contribution is 5.98. The number of benzene rings is 2. The van der Waals surface area contributed by atoms with Gasteiger partial charge in [-0.05, 0) is 99.0 Å². The van der Waals surface area contributed by atoms with Gasteiger partial charge in [0.15, 0.2) is 0 Å². The van der Waals surface area contributed by atoms with Gasteiger partial charge in [-0.2, -0.15) is 0 Å². The third-order valence-corrected chi connectivity index (χ3v) is 9.17. The molecule has 1 saturated carbocycles. The van der Waals surface area contributed by atoms with Crippen LogP contribution in [0.15, 0.2) is 36.4 Å². The van der Waals surface area contributed by atoms with E-state index in [1.165, 1.54) is 7.11 Å². The summed E-state index contributed by atoms with van der Waals surface area (Å²) in [6.45, 7) is 7.43. The number of carbonyl (C=O) groups is 3. The monoisotopic (exact) mass is 637 g/mol. The fourth-order valence-electron chi connectivity index (χ4n) is 6.49. The molecular formula is C35H47N3O8. The summed E-state index contributed by atoms with van der Waals surface area (Å²) in [4.78, 5) is 42.6. The van der Waals surface area contributed by atoms with Crippen LogP contribution in [0.4, 0.5) is 5.69 Å². The minimum absolute atomic E-state index is 0.0178. The Balaban J connectivity index is 1.13. The molecule has 0 aromatic heterocycles. The van der Waals surface area contributed by atoms with Crippen molar-refractivity contribution in [1.29, 1.82) is 0 Å². The van der Waals surface area contributed by atoms with Crippen LogP contribution >= 0.6 is 0 Å². The van der Waals surface area contributed by atoms with Gasteiger partial charge in [-0.3, -0.25) is 14.5 Å². The molecular weight excluding hydrogens is 590 g/mol. The Morgan fingerprint density at radius 1 is 1.02 bits per heavy atom. The van der Waals surface area contributed by atoms with E-state index in [1.807, 2.05) is 30.0 Å². The number of ether oxygens (including phenoxy) is 4. The summed E-state index contributed by atoms with van der Waals surface area (Å²) in [6.07, 6.45) is 4.54. The zero-order valence-corrected chi connectivity index (χ0v) is 27.1. The van der Waals surface area contributed by atoms with Gasteiger partial charge >= 0.3 is 5.97 Å². The maximum absolute atomic E-state index is 13.2. The second kappa shape index (κ2) is 15.9. The molecule has 5 rings (SSSR count). The summed E-state index contributed by atoms with van der Waals surface area (Å²) in [5.41, 5.74) is 4.04. The smallest absolute Gasteiger partial charge is 0.338 e. The molecule has 11 heteroatoms. The van der Waals surface area contributed by atoms with Crippen molar-refractivity contribution in [3.63, 3.8) is 0 Å². The molecule has 1 spiro atoms. The molecule has 0 bridgehead atoms. The number of nitrogens with zero attached hydrogens (tertiary/aromatic N) is 2. The van der Waals surface area contributed by atoms with E-state index in [9.17, 15) is 14.4 Å². The summed E-state index contributed by atoms with van der Waals surface area (Å²) in [5.74, 6) is 0.750. The lowest BCUT2D eigenvalue weighted by Gasteiger charge is -2.39. The van der Waals surface area contributed by atoms with Crippen LogP contribution in [0.3, 0.4) is 0 Å². The Morgan fingerprint density at radius 3 is 2.39 bits per heavy atom. The SMILES string of the molecule is CCOc1cc(C(=O)OC)c(C2CC2)cc1CN1CCC2(CC1)CC(=O)N(c1ccc(C(=O)NCCOCCOCCO)cc1)C2. The number of rotatable bonds is 16. The average Bonchev–Trinajstić information content (AvgIpc) is 3.87. The number of hydrogen-bond acceptors (Lipinski definition) is 9. The van der Waals surface area contributed by atoms with E-state index in [-0.39, 0.29) is 36.4 Å². The molecule has 3 fully saturated rings. The number of aliphatic hydroxyl groups is 1. The number of esters is 1. The second-order valence-corrected chi connectivity index (χ2v) is 12.4. The maximum atomic E-state index is 13.2. The minimum Gasteiger partial charge on any atom is -0.494 e. The second-order valence-electron chi connectivity index (χ2n) is 12.4. The first kappa shape index (κ1) is 33.8. The molecule has 0 unspecified atom stereocenters. The Kier molecular flexibility index (Phi) is 11.7. The third-order valence-electron chi connectivity index (χ3n) is 9.17. The van der Waals surface area contributed by atoms with Crippen LogP contribution in [0.1, 0.15) is 76.8 Å². The fraction of sp³-hybridized carbons (Fsp3) is 0.571. The summed E-state index contributed by atoms with van der Waals surface area (Å²) in [7, 11) is 1.42. The minimum atomic E-state index is -0.318.